The lowest BCUT2D eigenvalue weighted by molar-refractivity contribution is -0.117. The van der Waals surface area contributed by atoms with E-state index in [1.807, 2.05) is 50.3 Å². The molecule has 0 aliphatic heterocycles. The predicted molar refractivity (Wildman–Crippen MR) is 135 cm³/mol. The fourth-order valence-corrected chi connectivity index (χ4v) is 3.48. The van der Waals surface area contributed by atoms with Gasteiger partial charge in [0.05, 0.1) is 0 Å². The molecule has 0 saturated heterocycles. The number of fused-ring (bicyclic) bond motifs is 1. The molecule has 3 aromatic rings. The van der Waals surface area contributed by atoms with Crippen LogP contribution in [0.2, 0.25) is 0 Å². The van der Waals surface area contributed by atoms with Gasteiger partial charge in [0.2, 0.25) is 5.91 Å². The van der Waals surface area contributed by atoms with Gasteiger partial charge in [0, 0.05) is 28.6 Å². The van der Waals surface area contributed by atoms with Gasteiger partial charge in [-0.2, -0.15) is 0 Å². The Morgan fingerprint density at radius 1 is 1.18 bits per heavy atom. The molecule has 1 heterocycles. The highest BCUT2D eigenvalue weighted by atomic mass is 19.1. The Balaban J connectivity index is 1.79. The Morgan fingerprint density at radius 3 is 2.58 bits per heavy atom. The summed E-state index contributed by atoms with van der Waals surface area (Å²) in [6.07, 6.45) is 9.17. The average Bonchev–Trinajstić information content (AvgIpc) is 3.15. The normalized spacial score (nSPS) is 12.4. The molecule has 0 atom stereocenters. The second-order valence-electron chi connectivity index (χ2n) is 7.77. The molecule has 0 spiro atoms. The highest BCUT2D eigenvalue weighted by molar-refractivity contribution is 5.97. The van der Waals surface area contributed by atoms with E-state index in [1.165, 1.54) is 12.1 Å². The van der Waals surface area contributed by atoms with Crippen LogP contribution in [0.3, 0.4) is 0 Å². The van der Waals surface area contributed by atoms with Crippen LogP contribution < -0.4 is 5.32 Å². The zero-order chi connectivity index (χ0) is 24.0. The Bertz CT molecular complexity index is 1290. The van der Waals surface area contributed by atoms with Crippen LogP contribution in [0.4, 0.5) is 4.39 Å². The maximum atomic E-state index is 13.3. The average molecular weight is 442 g/mol. The Labute approximate surface area is 194 Å². The van der Waals surface area contributed by atoms with Crippen molar-refractivity contribution < 1.29 is 13.6 Å². The van der Waals surface area contributed by atoms with Gasteiger partial charge in [0.15, 0.2) is 0 Å². The molecule has 168 valence electrons. The van der Waals surface area contributed by atoms with Crippen molar-refractivity contribution in [2.24, 2.45) is 0 Å². The molecule has 0 unspecified atom stereocenters. The van der Waals surface area contributed by atoms with Gasteiger partial charge in [-0.1, -0.05) is 43.5 Å². The first-order chi connectivity index (χ1) is 15.8. The molecule has 0 aliphatic carbocycles. The minimum atomic E-state index is -0.285. The summed E-state index contributed by atoms with van der Waals surface area (Å²) in [6, 6.07) is 12.1. The fourth-order valence-electron chi connectivity index (χ4n) is 3.48. The van der Waals surface area contributed by atoms with E-state index in [0.717, 1.165) is 38.8 Å². The molecule has 0 saturated carbocycles. The summed E-state index contributed by atoms with van der Waals surface area (Å²) in [4.78, 5) is 12.5. The van der Waals surface area contributed by atoms with Gasteiger partial charge in [0.1, 0.15) is 17.2 Å². The number of furan rings is 1. The second kappa shape index (κ2) is 10.6. The molecule has 2 aromatic carbocycles. The highest BCUT2D eigenvalue weighted by Crippen LogP contribution is 2.34. The van der Waals surface area contributed by atoms with Crippen molar-refractivity contribution in [1.82, 2.24) is 5.32 Å². The lowest BCUT2D eigenvalue weighted by Gasteiger charge is -2.07. The highest BCUT2D eigenvalue weighted by Gasteiger charge is 2.14. The lowest BCUT2D eigenvalue weighted by Crippen LogP contribution is -2.25. The molecule has 3 nitrogen and oxygen atoms in total. The number of carbonyl (C=O) groups is 1. The zero-order valence-corrected chi connectivity index (χ0v) is 19.2. The molecule has 4 heteroatoms. The molecule has 0 bridgehead atoms. The maximum absolute atomic E-state index is 13.3. The van der Waals surface area contributed by atoms with Gasteiger partial charge in [0.25, 0.3) is 0 Å². The molecular weight excluding hydrogens is 413 g/mol. The van der Waals surface area contributed by atoms with Crippen molar-refractivity contribution in [2.45, 2.75) is 20.8 Å². The number of allylic oxidation sites excluding steroid dienone is 5. The van der Waals surface area contributed by atoms with Crippen LogP contribution in [-0.2, 0) is 4.79 Å². The van der Waals surface area contributed by atoms with E-state index in [1.54, 1.807) is 31.2 Å². The lowest BCUT2D eigenvalue weighted by atomic mass is 10.0. The summed E-state index contributed by atoms with van der Waals surface area (Å²) in [6.45, 7) is 13.9. The van der Waals surface area contributed by atoms with Crippen LogP contribution in [0.5, 0.6) is 0 Å². The van der Waals surface area contributed by atoms with E-state index in [2.05, 4.69) is 18.5 Å². The summed E-state index contributed by atoms with van der Waals surface area (Å²) in [5, 5.41) is 3.87. The Morgan fingerprint density at radius 2 is 1.91 bits per heavy atom. The van der Waals surface area contributed by atoms with E-state index < -0.39 is 0 Å². The molecule has 1 amide bonds. The first-order valence-electron chi connectivity index (χ1n) is 10.7. The van der Waals surface area contributed by atoms with Crippen LogP contribution >= 0.6 is 0 Å². The molecule has 1 aromatic heterocycles. The van der Waals surface area contributed by atoms with E-state index in [-0.39, 0.29) is 11.7 Å². The molecule has 0 aliphatic rings. The first kappa shape index (κ1) is 23.7. The van der Waals surface area contributed by atoms with Crippen molar-refractivity contribution in [2.75, 3.05) is 6.54 Å². The van der Waals surface area contributed by atoms with Gasteiger partial charge < -0.3 is 9.73 Å². The number of amides is 1. The third kappa shape index (κ3) is 5.66. The number of benzene rings is 2. The van der Waals surface area contributed by atoms with Crippen LogP contribution in [-0.4, -0.2) is 12.5 Å². The minimum absolute atomic E-state index is 0.151. The van der Waals surface area contributed by atoms with Gasteiger partial charge in [-0.3, -0.25) is 4.79 Å². The van der Waals surface area contributed by atoms with Crippen LogP contribution in [0, 0.1) is 12.7 Å². The van der Waals surface area contributed by atoms with Crippen molar-refractivity contribution in [3.63, 3.8) is 0 Å². The third-order valence-electron chi connectivity index (χ3n) is 5.43. The monoisotopic (exact) mass is 441 g/mol. The van der Waals surface area contributed by atoms with Gasteiger partial charge in [-0.05, 0) is 80.0 Å². The number of hydrogen-bond donors (Lipinski definition) is 1. The van der Waals surface area contributed by atoms with Crippen LogP contribution in [0.1, 0.15) is 25.0 Å². The molecule has 3 rings (SSSR count). The summed E-state index contributed by atoms with van der Waals surface area (Å²) in [5.74, 6) is 0.276. The minimum Gasteiger partial charge on any atom is -0.456 e. The van der Waals surface area contributed by atoms with Crippen LogP contribution in [0.15, 0.2) is 102 Å². The standard InChI is InChI=1S/C29H28FNO2/c1-6-8-9-22(7-2)18-31-29(32)20(4)16-19(3)24-12-15-27-26(17-24)21(5)28(33-27)23-10-13-25(30)14-11-23/h6-17H,1,3,18H2,2,4-5H3,(H,31,32). The first-order valence-corrected chi connectivity index (χ1v) is 10.7. The zero-order valence-electron chi connectivity index (χ0n) is 19.2. The van der Waals surface area contributed by atoms with Crippen LogP contribution in [0.25, 0.3) is 27.9 Å². The molecule has 1 N–H and O–H groups in total. The number of aryl methyl sites for hydroxylation is 1. The quantitative estimate of drug-likeness (QED) is 0.294. The molecule has 0 radical (unpaired) electrons. The van der Waals surface area contributed by atoms with E-state index in [9.17, 15) is 9.18 Å². The van der Waals surface area contributed by atoms with Gasteiger partial charge >= 0.3 is 0 Å². The number of carbonyl (C=O) groups excluding carboxylic acids is 1. The van der Waals surface area contributed by atoms with E-state index in [4.69, 9.17) is 4.42 Å². The number of halogens is 1. The van der Waals surface area contributed by atoms with E-state index in [0.29, 0.717) is 17.9 Å². The number of rotatable bonds is 8. The Hall–Kier alpha value is -3.92. The largest absolute Gasteiger partial charge is 0.456 e. The second-order valence-corrected chi connectivity index (χ2v) is 7.77. The van der Waals surface area contributed by atoms with E-state index >= 15 is 0 Å². The third-order valence-corrected chi connectivity index (χ3v) is 5.43. The SMILES string of the molecule is C=CC=CC(=CC)CNC(=O)C(C)=CC(=C)c1ccc2oc(-c3ccc(F)cc3)c(C)c2c1. The molecule has 0 fully saturated rings. The summed E-state index contributed by atoms with van der Waals surface area (Å²) in [5.41, 5.74) is 5.72. The maximum Gasteiger partial charge on any atom is 0.247 e. The summed E-state index contributed by atoms with van der Waals surface area (Å²) in [7, 11) is 0. The topological polar surface area (TPSA) is 42.2 Å². The summed E-state index contributed by atoms with van der Waals surface area (Å²) < 4.78 is 19.3. The molecule has 33 heavy (non-hydrogen) atoms. The Kier molecular flexibility index (Phi) is 7.62. The van der Waals surface area contributed by atoms with Gasteiger partial charge in [-0.25, -0.2) is 4.39 Å². The fraction of sp³-hybridized carbons (Fsp3) is 0.138. The summed E-state index contributed by atoms with van der Waals surface area (Å²) >= 11 is 0. The van der Waals surface area contributed by atoms with Crippen molar-refractivity contribution in [1.29, 1.82) is 0 Å². The smallest absolute Gasteiger partial charge is 0.247 e. The number of hydrogen-bond acceptors (Lipinski definition) is 2. The number of nitrogens with one attached hydrogen (secondary N) is 1. The van der Waals surface area contributed by atoms with Crippen molar-refractivity contribution in [3.05, 3.63) is 114 Å². The van der Waals surface area contributed by atoms with Crippen molar-refractivity contribution >= 4 is 22.4 Å². The van der Waals surface area contributed by atoms with Gasteiger partial charge in [-0.15, -0.1) is 0 Å². The van der Waals surface area contributed by atoms with Crippen molar-refractivity contribution in [3.8, 4) is 11.3 Å². The molecular formula is C29H28FNO2. The predicted octanol–water partition coefficient (Wildman–Crippen LogP) is 7.31.